The van der Waals surface area contributed by atoms with Gasteiger partial charge < -0.3 is 9.88 Å². The third-order valence-corrected chi connectivity index (χ3v) is 7.61. The normalized spacial score (nSPS) is 25.1. The van der Waals surface area contributed by atoms with Crippen molar-refractivity contribution in [3.63, 3.8) is 0 Å². The first-order valence-corrected chi connectivity index (χ1v) is 11.6. The van der Waals surface area contributed by atoms with Gasteiger partial charge in [0, 0.05) is 55.9 Å². The molecular formula is C22H28N4O2S. The topological polar surface area (TPSA) is 69.3 Å². The number of likely N-dealkylation sites (tertiary alicyclic amines) is 1. The molecule has 2 fully saturated rings. The summed E-state index contributed by atoms with van der Waals surface area (Å²) in [6.07, 6.45) is 3.65. The van der Waals surface area contributed by atoms with E-state index in [-0.39, 0.29) is 17.4 Å². The van der Waals surface area contributed by atoms with Gasteiger partial charge in [-0.15, -0.1) is 11.3 Å². The highest BCUT2D eigenvalue weighted by Gasteiger charge is 2.42. The molecule has 2 atom stereocenters. The van der Waals surface area contributed by atoms with E-state index in [4.69, 9.17) is 4.98 Å². The zero-order chi connectivity index (χ0) is 20.0. The fraction of sp³-hybridized carbons (Fsp3) is 0.591. The van der Waals surface area contributed by atoms with Crippen molar-refractivity contribution in [3.8, 4) is 0 Å². The standard InChI is InChI=1S/C22H28N4O2S/c1-14-11-17(14)22(28)26-8-4-15(5-9-26)20-23-19-6-7-25(12-16-3-2-10-29-16)13-18(19)21(27)24-20/h2-3,10,14-15,17H,4-9,11-13H2,1H3,(H,23,24,27). The highest BCUT2D eigenvalue weighted by Crippen LogP contribution is 2.40. The molecule has 0 bridgehead atoms. The molecule has 5 rings (SSSR count). The molecule has 1 saturated heterocycles. The van der Waals surface area contributed by atoms with Crippen LogP contribution in [0.4, 0.5) is 0 Å². The van der Waals surface area contributed by atoms with Crippen LogP contribution in [0.1, 0.15) is 54.1 Å². The Morgan fingerprint density at radius 3 is 2.79 bits per heavy atom. The van der Waals surface area contributed by atoms with Crippen LogP contribution in [0.2, 0.25) is 0 Å². The molecule has 1 amide bonds. The van der Waals surface area contributed by atoms with E-state index in [1.54, 1.807) is 11.3 Å². The molecule has 3 aliphatic rings. The van der Waals surface area contributed by atoms with Crippen LogP contribution in [0.3, 0.4) is 0 Å². The van der Waals surface area contributed by atoms with E-state index in [2.05, 4.69) is 34.3 Å². The van der Waals surface area contributed by atoms with Crippen molar-refractivity contribution in [2.75, 3.05) is 19.6 Å². The number of aromatic nitrogens is 2. The first kappa shape index (κ1) is 19.0. The lowest BCUT2D eigenvalue weighted by Gasteiger charge is -2.32. The van der Waals surface area contributed by atoms with E-state index in [1.807, 2.05) is 4.90 Å². The first-order valence-electron chi connectivity index (χ1n) is 10.7. The molecule has 154 valence electrons. The number of nitrogens with zero attached hydrogens (tertiary/aromatic N) is 3. The summed E-state index contributed by atoms with van der Waals surface area (Å²) >= 11 is 1.76. The number of fused-ring (bicyclic) bond motifs is 1. The van der Waals surface area contributed by atoms with E-state index in [0.717, 1.165) is 68.9 Å². The second-order valence-electron chi connectivity index (χ2n) is 8.84. The van der Waals surface area contributed by atoms with E-state index in [1.165, 1.54) is 4.88 Å². The molecule has 2 aromatic rings. The minimum absolute atomic E-state index is 0.0196. The molecule has 1 N–H and O–H groups in total. The van der Waals surface area contributed by atoms with Gasteiger partial charge in [-0.3, -0.25) is 14.5 Å². The van der Waals surface area contributed by atoms with Gasteiger partial charge in [0.25, 0.3) is 5.56 Å². The van der Waals surface area contributed by atoms with Crippen LogP contribution in [0.15, 0.2) is 22.3 Å². The number of amides is 1. The van der Waals surface area contributed by atoms with Gasteiger partial charge in [0.05, 0.1) is 11.3 Å². The predicted octanol–water partition coefficient (Wildman–Crippen LogP) is 2.75. The van der Waals surface area contributed by atoms with Crippen molar-refractivity contribution in [2.45, 2.75) is 51.6 Å². The van der Waals surface area contributed by atoms with Crippen LogP contribution in [-0.2, 0) is 24.3 Å². The summed E-state index contributed by atoms with van der Waals surface area (Å²) in [5, 5.41) is 2.10. The molecule has 1 aliphatic carbocycles. The maximum absolute atomic E-state index is 12.8. The molecule has 2 unspecified atom stereocenters. The van der Waals surface area contributed by atoms with Crippen molar-refractivity contribution < 1.29 is 4.79 Å². The molecule has 6 nitrogen and oxygen atoms in total. The second-order valence-corrected chi connectivity index (χ2v) is 9.87. The van der Waals surface area contributed by atoms with Gasteiger partial charge in [-0.05, 0) is 36.6 Å². The Kier molecular flexibility index (Phi) is 5.04. The van der Waals surface area contributed by atoms with Crippen molar-refractivity contribution >= 4 is 17.2 Å². The van der Waals surface area contributed by atoms with Crippen LogP contribution in [-0.4, -0.2) is 45.3 Å². The van der Waals surface area contributed by atoms with Gasteiger partial charge in [-0.1, -0.05) is 13.0 Å². The summed E-state index contributed by atoms with van der Waals surface area (Å²) < 4.78 is 0. The van der Waals surface area contributed by atoms with Crippen molar-refractivity contribution in [2.24, 2.45) is 11.8 Å². The Labute approximate surface area is 175 Å². The van der Waals surface area contributed by atoms with Gasteiger partial charge in [-0.25, -0.2) is 4.98 Å². The predicted molar refractivity (Wildman–Crippen MR) is 113 cm³/mol. The minimum atomic E-state index is 0.0196. The number of nitrogens with one attached hydrogen (secondary N) is 1. The van der Waals surface area contributed by atoms with Gasteiger partial charge in [-0.2, -0.15) is 0 Å². The number of hydrogen-bond acceptors (Lipinski definition) is 5. The largest absolute Gasteiger partial charge is 0.342 e. The van der Waals surface area contributed by atoms with E-state index in [9.17, 15) is 9.59 Å². The zero-order valence-electron chi connectivity index (χ0n) is 16.9. The molecular weight excluding hydrogens is 384 g/mol. The lowest BCUT2D eigenvalue weighted by atomic mass is 9.95. The fourth-order valence-corrected chi connectivity index (χ4v) is 5.47. The Hall–Kier alpha value is -1.99. The highest BCUT2D eigenvalue weighted by molar-refractivity contribution is 7.09. The third kappa shape index (κ3) is 3.90. The minimum Gasteiger partial charge on any atom is -0.342 e. The molecule has 2 aromatic heterocycles. The maximum atomic E-state index is 12.8. The SMILES string of the molecule is CC1CC1C(=O)N1CCC(c2nc3c(c(=O)[nH]2)CN(Cc2cccs2)CC3)CC1. The average molecular weight is 413 g/mol. The Morgan fingerprint density at radius 1 is 1.31 bits per heavy atom. The number of thiophene rings is 1. The Bertz CT molecular complexity index is 946. The number of H-pyrrole nitrogens is 1. The molecule has 4 heterocycles. The number of carbonyl (C=O) groups is 1. The van der Waals surface area contributed by atoms with Crippen LogP contribution < -0.4 is 5.56 Å². The summed E-state index contributed by atoms with van der Waals surface area (Å²) in [5.41, 5.74) is 1.81. The van der Waals surface area contributed by atoms with Crippen LogP contribution in [0, 0.1) is 11.8 Å². The molecule has 0 radical (unpaired) electrons. The number of hydrogen-bond donors (Lipinski definition) is 1. The summed E-state index contributed by atoms with van der Waals surface area (Å²) in [6, 6.07) is 4.22. The van der Waals surface area contributed by atoms with Crippen LogP contribution in [0.25, 0.3) is 0 Å². The van der Waals surface area contributed by atoms with Gasteiger partial charge >= 0.3 is 0 Å². The summed E-state index contributed by atoms with van der Waals surface area (Å²) in [5.74, 6) is 2.21. The van der Waals surface area contributed by atoms with E-state index < -0.39 is 0 Å². The summed E-state index contributed by atoms with van der Waals surface area (Å²) in [7, 11) is 0. The molecule has 7 heteroatoms. The number of rotatable bonds is 4. The van der Waals surface area contributed by atoms with Crippen LogP contribution in [0.5, 0.6) is 0 Å². The number of carbonyl (C=O) groups excluding carboxylic acids is 1. The third-order valence-electron chi connectivity index (χ3n) is 6.75. The van der Waals surface area contributed by atoms with E-state index in [0.29, 0.717) is 18.4 Å². The lowest BCUT2D eigenvalue weighted by Crippen LogP contribution is -2.40. The zero-order valence-corrected chi connectivity index (χ0v) is 17.7. The van der Waals surface area contributed by atoms with Crippen molar-refractivity contribution in [1.29, 1.82) is 0 Å². The fourth-order valence-electron chi connectivity index (χ4n) is 4.73. The van der Waals surface area contributed by atoms with E-state index >= 15 is 0 Å². The highest BCUT2D eigenvalue weighted by atomic mass is 32.1. The smallest absolute Gasteiger partial charge is 0.255 e. The Morgan fingerprint density at radius 2 is 2.10 bits per heavy atom. The number of piperidine rings is 1. The summed E-state index contributed by atoms with van der Waals surface area (Å²) in [4.78, 5) is 38.9. The maximum Gasteiger partial charge on any atom is 0.255 e. The van der Waals surface area contributed by atoms with Gasteiger partial charge in [0.2, 0.25) is 5.91 Å². The molecule has 1 saturated carbocycles. The van der Waals surface area contributed by atoms with Crippen LogP contribution >= 0.6 is 11.3 Å². The monoisotopic (exact) mass is 412 g/mol. The van der Waals surface area contributed by atoms with Gasteiger partial charge in [0.15, 0.2) is 0 Å². The Balaban J connectivity index is 1.24. The average Bonchev–Trinajstić information content (AvgIpc) is 3.24. The second kappa shape index (κ2) is 7.69. The van der Waals surface area contributed by atoms with Crippen molar-refractivity contribution in [3.05, 3.63) is 49.8 Å². The molecule has 29 heavy (non-hydrogen) atoms. The molecule has 2 aliphatic heterocycles. The first-order chi connectivity index (χ1) is 14.1. The van der Waals surface area contributed by atoms with Crippen molar-refractivity contribution in [1.82, 2.24) is 19.8 Å². The molecule has 0 spiro atoms. The number of aromatic amines is 1. The quantitative estimate of drug-likeness (QED) is 0.838. The summed E-state index contributed by atoms with van der Waals surface area (Å²) in [6.45, 7) is 6.21. The lowest BCUT2D eigenvalue weighted by molar-refractivity contribution is -0.133. The van der Waals surface area contributed by atoms with Gasteiger partial charge in [0.1, 0.15) is 5.82 Å². The molecule has 0 aromatic carbocycles.